The molecule has 2 saturated heterocycles. The molecule has 2 atom stereocenters. The lowest BCUT2D eigenvalue weighted by Crippen LogP contribution is -2.32. The Bertz CT molecular complexity index is 652. The van der Waals surface area contributed by atoms with E-state index in [0.29, 0.717) is 0 Å². The fourth-order valence-electron chi connectivity index (χ4n) is 3.74. The van der Waals surface area contributed by atoms with E-state index >= 15 is 0 Å². The largest absolute Gasteiger partial charge is 0.444 e. The van der Waals surface area contributed by atoms with Gasteiger partial charge in [0.1, 0.15) is 0 Å². The van der Waals surface area contributed by atoms with E-state index in [4.69, 9.17) is 4.42 Å². The molecule has 2 aliphatic heterocycles. The monoisotopic (exact) mass is 311 g/mol. The van der Waals surface area contributed by atoms with Crippen LogP contribution in [0.2, 0.25) is 0 Å². The highest BCUT2D eigenvalue weighted by molar-refractivity contribution is 5.94. The Morgan fingerprint density at radius 1 is 1.13 bits per heavy atom. The number of hydrogen-bond acceptors (Lipinski definition) is 4. The Morgan fingerprint density at radius 2 is 1.83 bits per heavy atom. The lowest BCUT2D eigenvalue weighted by molar-refractivity contribution is 0.0758. The van der Waals surface area contributed by atoms with Crippen molar-refractivity contribution in [3.63, 3.8) is 0 Å². The van der Waals surface area contributed by atoms with E-state index in [9.17, 15) is 4.79 Å². The molecular weight excluding hydrogens is 290 g/mol. The molecular formula is C18H21N3O2. The first-order valence-electron chi connectivity index (χ1n) is 8.30. The molecule has 0 bridgehead atoms. The number of carbonyl (C=O) groups is 1. The van der Waals surface area contributed by atoms with Crippen LogP contribution in [-0.2, 0) is 0 Å². The molecule has 3 heterocycles. The summed E-state index contributed by atoms with van der Waals surface area (Å²) in [5.74, 6) is 2.34. The predicted molar refractivity (Wildman–Crippen MR) is 86.9 cm³/mol. The van der Waals surface area contributed by atoms with E-state index in [-0.39, 0.29) is 5.91 Å². The fraction of sp³-hybridized carbons (Fsp3) is 0.444. The van der Waals surface area contributed by atoms with E-state index in [1.165, 1.54) is 6.39 Å². The first-order valence-corrected chi connectivity index (χ1v) is 8.30. The Balaban J connectivity index is 1.46. The van der Waals surface area contributed by atoms with Crippen LogP contribution in [0.3, 0.4) is 0 Å². The molecule has 2 aromatic rings. The van der Waals surface area contributed by atoms with Crippen molar-refractivity contribution >= 4 is 5.91 Å². The summed E-state index contributed by atoms with van der Waals surface area (Å²) < 4.78 is 5.28. The van der Waals surface area contributed by atoms with Crippen LogP contribution in [0.4, 0.5) is 0 Å². The Hall–Kier alpha value is -2.14. The van der Waals surface area contributed by atoms with E-state index < -0.39 is 0 Å². The third-order valence-corrected chi connectivity index (χ3v) is 5.16. The van der Waals surface area contributed by atoms with Gasteiger partial charge >= 0.3 is 0 Å². The highest BCUT2D eigenvalue weighted by Gasteiger charge is 2.31. The van der Waals surface area contributed by atoms with Crippen molar-refractivity contribution in [2.75, 3.05) is 26.2 Å². The van der Waals surface area contributed by atoms with Gasteiger partial charge in [-0.3, -0.25) is 4.79 Å². The van der Waals surface area contributed by atoms with E-state index in [1.54, 1.807) is 6.20 Å². The van der Waals surface area contributed by atoms with Gasteiger partial charge in [0.05, 0.1) is 6.20 Å². The quantitative estimate of drug-likeness (QED) is 0.925. The second-order valence-electron chi connectivity index (χ2n) is 6.49. The smallest absolute Gasteiger partial charge is 0.253 e. The van der Waals surface area contributed by atoms with Crippen LogP contribution in [0.25, 0.3) is 11.3 Å². The SMILES string of the molecule is O=C(c1ccc(-c2cnco2)cc1)N1CC[C@@H]2CNC[C@@H]2CC1. The minimum atomic E-state index is 0.141. The van der Waals surface area contributed by atoms with Crippen molar-refractivity contribution in [2.24, 2.45) is 11.8 Å². The average Bonchev–Trinajstić information content (AvgIpc) is 3.24. The highest BCUT2D eigenvalue weighted by atomic mass is 16.3. The molecule has 0 aliphatic carbocycles. The van der Waals surface area contributed by atoms with Gasteiger partial charge in [-0.2, -0.15) is 0 Å². The molecule has 1 aromatic carbocycles. The molecule has 23 heavy (non-hydrogen) atoms. The molecule has 1 amide bonds. The Morgan fingerprint density at radius 3 is 2.43 bits per heavy atom. The molecule has 2 fully saturated rings. The number of carbonyl (C=O) groups excluding carboxylic acids is 1. The first kappa shape index (κ1) is 14.5. The van der Waals surface area contributed by atoms with Gasteiger partial charge in [0.2, 0.25) is 0 Å². The minimum Gasteiger partial charge on any atom is -0.444 e. The standard InChI is InChI=1S/C18H21N3O2/c22-18(21-7-5-15-9-19-10-16(15)6-8-21)14-3-1-13(2-4-14)17-11-20-12-23-17/h1-4,11-12,15-16,19H,5-10H2/t15-,16+. The van der Waals surface area contributed by atoms with Crippen LogP contribution in [-0.4, -0.2) is 42.0 Å². The molecule has 1 aromatic heterocycles. The van der Waals surface area contributed by atoms with Gasteiger partial charge in [-0.15, -0.1) is 0 Å². The zero-order valence-electron chi connectivity index (χ0n) is 13.1. The predicted octanol–water partition coefficient (Wildman–Crippen LogP) is 2.41. The normalized spacial score (nSPS) is 24.3. The van der Waals surface area contributed by atoms with Gasteiger partial charge in [0.15, 0.2) is 12.2 Å². The maximum atomic E-state index is 12.7. The number of nitrogens with one attached hydrogen (secondary N) is 1. The molecule has 120 valence electrons. The molecule has 5 heteroatoms. The summed E-state index contributed by atoms with van der Waals surface area (Å²) in [6.07, 6.45) is 5.31. The van der Waals surface area contributed by atoms with Gasteiger partial charge in [-0.25, -0.2) is 4.98 Å². The number of amides is 1. The van der Waals surface area contributed by atoms with E-state index in [2.05, 4.69) is 10.3 Å². The van der Waals surface area contributed by atoms with Gasteiger partial charge in [0.25, 0.3) is 5.91 Å². The molecule has 2 aliphatic rings. The summed E-state index contributed by atoms with van der Waals surface area (Å²) in [4.78, 5) is 18.7. The van der Waals surface area contributed by atoms with E-state index in [1.807, 2.05) is 29.2 Å². The summed E-state index contributed by atoms with van der Waals surface area (Å²) >= 11 is 0. The third kappa shape index (κ3) is 2.88. The summed E-state index contributed by atoms with van der Waals surface area (Å²) in [6, 6.07) is 7.61. The highest BCUT2D eigenvalue weighted by Crippen LogP contribution is 2.28. The zero-order chi connectivity index (χ0) is 15.6. The van der Waals surface area contributed by atoms with Crippen LogP contribution < -0.4 is 5.32 Å². The molecule has 0 unspecified atom stereocenters. The van der Waals surface area contributed by atoms with Crippen molar-refractivity contribution in [1.29, 1.82) is 0 Å². The lowest BCUT2D eigenvalue weighted by atomic mass is 9.92. The van der Waals surface area contributed by atoms with Crippen molar-refractivity contribution in [3.8, 4) is 11.3 Å². The number of fused-ring (bicyclic) bond motifs is 1. The van der Waals surface area contributed by atoms with Gasteiger partial charge in [-0.05, 0) is 49.9 Å². The van der Waals surface area contributed by atoms with Crippen molar-refractivity contribution in [1.82, 2.24) is 15.2 Å². The van der Waals surface area contributed by atoms with Crippen molar-refractivity contribution in [2.45, 2.75) is 12.8 Å². The maximum Gasteiger partial charge on any atom is 0.253 e. The Labute approximate surface area is 135 Å². The molecule has 4 rings (SSSR count). The van der Waals surface area contributed by atoms with Gasteiger partial charge in [-0.1, -0.05) is 12.1 Å². The Kier molecular flexibility index (Phi) is 3.87. The summed E-state index contributed by atoms with van der Waals surface area (Å²) in [7, 11) is 0. The van der Waals surface area contributed by atoms with E-state index in [0.717, 1.165) is 67.7 Å². The number of oxazole rings is 1. The van der Waals surface area contributed by atoms with Crippen LogP contribution in [0.5, 0.6) is 0 Å². The first-order chi connectivity index (χ1) is 11.3. The van der Waals surface area contributed by atoms with Crippen molar-refractivity contribution < 1.29 is 9.21 Å². The average molecular weight is 311 g/mol. The maximum absolute atomic E-state index is 12.7. The van der Waals surface area contributed by atoms with Crippen LogP contribution in [0.15, 0.2) is 41.3 Å². The summed E-state index contributed by atoms with van der Waals surface area (Å²) in [5, 5.41) is 3.47. The second kappa shape index (κ2) is 6.16. The number of aromatic nitrogens is 1. The third-order valence-electron chi connectivity index (χ3n) is 5.16. The van der Waals surface area contributed by atoms with Gasteiger partial charge in [0, 0.05) is 24.2 Å². The molecule has 0 saturated carbocycles. The number of benzene rings is 1. The summed E-state index contributed by atoms with van der Waals surface area (Å²) in [5.41, 5.74) is 1.69. The number of hydrogen-bond donors (Lipinski definition) is 1. The number of rotatable bonds is 2. The van der Waals surface area contributed by atoms with Crippen LogP contribution >= 0.6 is 0 Å². The number of nitrogens with zero attached hydrogens (tertiary/aromatic N) is 2. The topological polar surface area (TPSA) is 58.4 Å². The number of likely N-dealkylation sites (tertiary alicyclic amines) is 1. The second-order valence-corrected chi connectivity index (χ2v) is 6.49. The molecule has 1 N–H and O–H groups in total. The molecule has 0 spiro atoms. The lowest BCUT2D eigenvalue weighted by Gasteiger charge is -2.21. The molecule has 0 radical (unpaired) electrons. The fourth-order valence-corrected chi connectivity index (χ4v) is 3.74. The minimum absolute atomic E-state index is 0.141. The zero-order valence-corrected chi connectivity index (χ0v) is 13.1. The molecule has 5 nitrogen and oxygen atoms in total. The van der Waals surface area contributed by atoms with Crippen LogP contribution in [0.1, 0.15) is 23.2 Å². The van der Waals surface area contributed by atoms with Crippen LogP contribution in [0, 0.1) is 11.8 Å². The van der Waals surface area contributed by atoms with Crippen molar-refractivity contribution in [3.05, 3.63) is 42.4 Å². The van der Waals surface area contributed by atoms with Gasteiger partial charge < -0.3 is 14.6 Å². The summed E-state index contributed by atoms with van der Waals surface area (Å²) in [6.45, 7) is 3.95.